The van der Waals surface area contributed by atoms with Crippen LogP contribution in [0.25, 0.3) is 0 Å². The molecule has 3 nitrogen and oxygen atoms in total. The van der Waals surface area contributed by atoms with Crippen molar-refractivity contribution in [1.82, 2.24) is 0 Å². The summed E-state index contributed by atoms with van der Waals surface area (Å²) in [5.41, 5.74) is 7.17. The van der Waals surface area contributed by atoms with Crippen LogP contribution in [0.5, 0.6) is 0 Å². The number of amidine groups is 1. The lowest BCUT2D eigenvalue weighted by molar-refractivity contribution is 0.700. The largest absolute Gasteiger partial charge is 0.384 e. The Bertz CT molecular complexity index is 436. The molecule has 1 heterocycles. The van der Waals surface area contributed by atoms with Crippen LogP contribution in [-0.2, 0) is 0 Å². The maximum Gasteiger partial charge on any atom is 0.122 e. The first-order valence-electron chi connectivity index (χ1n) is 5.58. The maximum atomic E-state index is 7.39. The van der Waals surface area contributed by atoms with Crippen molar-refractivity contribution in [2.45, 2.75) is 13.0 Å². The van der Waals surface area contributed by atoms with Crippen LogP contribution in [0.15, 0.2) is 18.2 Å². The van der Waals surface area contributed by atoms with Gasteiger partial charge < -0.3 is 10.6 Å². The Morgan fingerprint density at radius 3 is 2.94 bits per heavy atom. The van der Waals surface area contributed by atoms with E-state index in [0.717, 1.165) is 23.7 Å². The van der Waals surface area contributed by atoms with Gasteiger partial charge in [0.05, 0.1) is 10.7 Å². The predicted octanol–water partition coefficient (Wildman–Crippen LogP) is 2.57. The third-order valence-electron chi connectivity index (χ3n) is 2.94. The molecule has 1 fully saturated rings. The molecule has 0 radical (unpaired) electrons. The van der Waals surface area contributed by atoms with Gasteiger partial charge in [-0.3, -0.25) is 5.41 Å². The van der Waals surface area contributed by atoms with Gasteiger partial charge in [0.15, 0.2) is 0 Å². The van der Waals surface area contributed by atoms with Crippen molar-refractivity contribution in [3.63, 3.8) is 0 Å². The number of hydrogen-bond acceptors (Lipinski definition) is 3. The van der Waals surface area contributed by atoms with Crippen molar-refractivity contribution < 1.29 is 0 Å². The van der Waals surface area contributed by atoms with E-state index in [9.17, 15) is 0 Å². The molecule has 1 aliphatic heterocycles. The van der Waals surface area contributed by atoms with Crippen LogP contribution in [-0.4, -0.2) is 29.9 Å². The molecule has 2 rings (SSSR count). The Labute approximate surface area is 111 Å². The highest BCUT2D eigenvalue weighted by Gasteiger charge is 2.20. The summed E-state index contributed by atoms with van der Waals surface area (Å²) in [6, 6.07) is 6.09. The van der Waals surface area contributed by atoms with Gasteiger partial charge in [0.2, 0.25) is 0 Å². The van der Waals surface area contributed by atoms with Crippen LogP contribution in [0.3, 0.4) is 0 Å². The van der Waals surface area contributed by atoms with Gasteiger partial charge in [0.1, 0.15) is 5.84 Å². The molecule has 92 valence electrons. The summed E-state index contributed by atoms with van der Waals surface area (Å²) in [6.45, 7) is 3.23. The zero-order chi connectivity index (χ0) is 12.4. The molecule has 1 aliphatic rings. The minimum absolute atomic E-state index is 0.0562. The predicted molar refractivity (Wildman–Crippen MR) is 76.6 cm³/mol. The number of nitrogens with zero attached hydrogens (tertiary/aromatic N) is 1. The van der Waals surface area contributed by atoms with E-state index >= 15 is 0 Å². The first-order chi connectivity index (χ1) is 8.09. The van der Waals surface area contributed by atoms with E-state index in [2.05, 4.69) is 11.8 Å². The Morgan fingerprint density at radius 2 is 2.35 bits per heavy atom. The molecule has 0 saturated carbocycles. The molecule has 5 heteroatoms. The van der Waals surface area contributed by atoms with Crippen molar-refractivity contribution >= 4 is 34.9 Å². The van der Waals surface area contributed by atoms with Crippen molar-refractivity contribution in [3.05, 3.63) is 28.8 Å². The van der Waals surface area contributed by atoms with Crippen LogP contribution in [0.1, 0.15) is 12.5 Å². The lowest BCUT2D eigenvalue weighted by atomic mass is 10.1. The van der Waals surface area contributed by atoms with Crippen LogP contribution in [0.2, 0.25) is 5.02 Å². The second-order valence-electron chi connectivity index (χ2n) is 4.20. The van der Waals surface area contributed by atoms with Gasteiger partial charge in [-0.25, -0.2) is 0 Å². The number of rotatable bonds is 2. The molecule has 1 atom stereocenters. The molecule has 0 amide bonds. The van der Waals surface area contributed by atoms with Gasteiger partial charge in [0.25, 0.3) is 0 Å². The van der Waals surface area contributed by atoms with Crippen LogP contribution >= 0.6 is 23.4 Å². The second kappa shape index (κ2) is 5.19. The van der Waals surface area contributed by atoms with Crippen molar-refractivity contribution in [1.29, 1.82) is 5.41 Å². The maximum absolute atomic E-state index is 7.39. The zero-order valence-corrected chi connectivity index (χ0v) is 11.3. The summed E-state index contributed by atoms with van der Waals surface area (Å²) in [5, 5.41) is 8.07. The fraction of sp³-hybridized carbons (Fsp3) is 0.417. The van der Waals surface area contributed by atoms with E-state index in [1.165, 1.54) is 0 Å². The van der Waals surface area contributed by atoms with Crippen molar-refractivity contribution in [2.24, 2.45) is 5.73 Å². The molecule has 0 spiro atoms. The molecule has 1 unspecified atom stereocenters. The number of anilines is 1. The fourth-order valence-corrected chi connectivity index (χ4v) is 3.30. The Hall–Kier alpha value is -0.870. The Morgan fingerprint density at radius 1 is 1.59 bits per heavy atom. The number of nitrogen functional groups attached to an aromatic ring is 1. The average molecular weight is 270 g/mol. The summed E-state index contributed by atoms with van der Waals surface area (Å²) < 4.78 is 0. The van der Waals surface area contributed by atoms with Gasteiger partial charge in [-0.15, -0.1) is 0 Å². The normalized spacial score (nSPS) is 20.4. The Balaban J connectivity index is 2.29. The minimum Gasteiger partial charge on any atom is -0.384 e. The van der Waals surface area contributed by atoms with E-state index in [0.29, 0.717) is 16.6 Å². The van der Waals surface area contributed by atoms with E-state index in [-0.39, 0.29) is 5.84 Å². The molecule has 1 aromatic carbocycles. The number of nitrogens with two attached hydrogens (primary N) is 1. The van der Waals surface area contributed by atoms with Gasteiger partial charge >= 0.3 is 0 Å². The van der Waals surface area contributed by atoms with Crippen LogP contribution in [0, 0.1) is 5.41 Å². The third-order valence-corrected chi connectivity index (χ3v) is 4.43. The highest BCUT2D eigenvalue weighted by Crippen LogP contribution is 2.31. The van der Waals surface area contributed by atoms with E-state index in [1.54, 1.807) is 6.07 Å². The quantitative estimate of drug-likeness (QED) is 0.641. The van der Waals surface area contributed by atoms with Crippen molar-refractivity contribution in [3.8, 4) is 0 Å². The summed E-state index contributed by atoms with van der Waals surface area (Å²) in [6.07, 6.45) is 0. The molecule has 1 saturated heterocycles. The van der Waals surface area contributed by atoms with Gasteiger partial charge in [0, 0.05) is 29.7 Å². The van der Waals surface area contributed by atoms with Crippen LogP contribution < -0.4 is 10.6 Å². The fourth-order valence-electron chi connectivity index (χ4n) is 1.99. The SMILES string of the molecule is CC1CSCCN1c1ccc(C(=N)N)cc1Cl. The molecule has 0 aromatic heterocycles. The molecule has 3 N–H and O–H groups in total. The summed E-state index contributed by atoms with van der Waals surface area (Å²) in [7, 11) is 0. The summed E-state index contributed by atoms with van der Waals surface area (Å²) >= 11 is 8.25. The molecular formula is C12H16ClN3S. The number of nitrogens with one attached hydrogen (secondary N) is 1. The topological polar surface area (TPSA) is 53.1 Å². The lowest BCUT2D eigenvalue weighted by Crippen LogP contribution is -2.40. The van der Waals surface area contributed by atoms with Crippen LogP contribution in [0.4, 0.5) is 5.69 Å². The van der Waals surface area contributed by atoms with Gasteiger partial charge in [-0.2, -0.15) is 11.8 Å². The van der Waals surface area contributed by atoms with Gasteiger partial charge in [-0.1, -0.05) is 11.6 Å². The van der Waals surface area contributed by atoms with E-state index in [1.807, 2.05) is 23.9 Å². The Kier molecular flexibility index (Phi) is 3.84. The number of thioether (sulfide) groups is 1. The molecule has 0 bridgehead atoms. The van der Waals surface area contributed by atoms with E-state index in [4.69, 9.17) is 22.7 Å². The highest BCUT2D eigenvalue weighted by atomic mass is 35.5. The number of hydrogen-bond donors (Lipinski definition) is 2. The third kappa shape index (κ3) is 2.69. The molecule has 0 aliphatic carbocycles. The summed E-state index contributed by atoms with van der Waals surface area (Å²) in [5.74, 6) is 2.32. The van der Waals surface area contributed by atoms with Gasteiger partial charge in [-0.05, 0) is 25.1 Å². The first-order valence-corrected chi connectivity index (χ1v) is 7.11. The zero-order valence-electron chi connectivity index (χ0n) is 9.74. The number of halogens is 1. The number of benzene rings is 1. The molecule has 17 heavy (non-hydrogen) atoms. The average Bonchev–Trinajstić information content (AvgIpc) is 2.30. The van der Waals surface area contributed by atoms with Crippen molar-refractivity contribution in [2.75, 3.05) is 23.0 Å². The minimum atomic E-state index is 0.0562. The second-order valence-corrected chi connectivity index (χ2v) is 5.75. The lowest BCUT2D eigenvalue weighted by Gasteiger charge is -2.35. The highest BCUT2D eigenvalue weighted by molar-refractivity contribution is 7.99. The van der Waals surface area contributed by atoms with E-state index < -0.39 is 0 Å². The summed E-state index contributed by atoms with van der Waals surface area (Å²) in [4.78, 5) is 2.32. The monoisotopic (exact) mass is 269 g/mol. The standard InChI is InChI=1S/C12H16ClN3S/c1-8-7-17-5-4-16(8)11-3-2-9(12(14)15)6-10(11)13/h2-3,6,8H,4-5,7H2,1H3,(H3,14,15). The first kappa shape index (κ1) is 12.6. The molecule has 1 aromatic rings. The molecular weight excluding hydrogens is 254 g/mol. The smallest absolute Gasteiger partial charge is 0.122 e.